The second kappa shape index (κ2) is 9.57. The molecular formula is C16H27IN4O2S. The molecule has 0 bridgehead atoms. The lowest BCUT2D eigenvalue weighted by Crippen LogP contribution is -2.45. The van der Waals surface area contributed by atoms with Crippen molar-refractivity contribution in [3.05, 3.63) is 29.8 Å². The van der Waals surface area contributed by atoms with Crippen LogP contribution in [-0.2, 0) is 16.4 Å². The van der Waals surface area contributed by atoms with Crippen LogP contribution in [0.4, 0.5) is 5.69 Å². The van der Waals surface area contributed by atoms with Gasteiger partial charge in [0.05, 0.1) is 12.8 Å². The normalized spacial score (nSPS) is 19.6. The Labute approximate surface area is 162 Å². The first-order valence-electron chi connectivity index (χ1n) is 8.03. The topological polar surface area (TPSA) is 87.8 Å². The number of aliphatic imine (C=N–C) groups is 1. The fourth-order valence-corrected chi connectivity index (χ4v) is 3.98. The molecular weight excluding hydrogens is 439 g/mol. The van der Waals surface area contributed by atoms with E-state index in [0.29, 0.717) is 19.0 Å². The van der Waals surface area contributed by atoms with Crippen LogP contribution in [0.3, 0.4) is 0 Å². The molecule has 0 amide bonds. The molecule has 1 fully saturated rings. The van der Waals surface area contributed by atoms with E-state index in [2.05, 4.69) is 17.2 Å². The molecule has 0 spiro atoms. The SMILES string of the molecule is CCc1ccc(NC(N)=NCC2CCCCN2S(C)(=O)=O)cc1.I. The van der Waals surface area contributed by atoms with Crippen molar-refractivity contribution in [2.24, 2.45) is 10.7 Å². The Kier molecular flexibility index (Phi) is 8.44. The fraction of sp³-hybridized carbons (Fsp3) is 0.562. The number of hydrogen-bond donors (Lipinski definition) is 2. The van der Waals surface area contributed by atoms with E-state index in [1.165, 1.54) is 11.8 Å². The highest BCUT2D eigenvalue weighted by molar-refractivity contribution is 14.0. The van der Waals surface area contributed by atoms with Crippen LogP contribution < -0.4 is 11.1 Å². The van der Waals surface area contributed by atoms with Gasteiger partial charge >= 0.3 is 0 Å². The lowest BCUT2D eigenvalue weighted by Gasteiger charge is -2.32. The molecule has 0 saturated carbocycles. The Morgan fingerprint density at radius 3 is 2.58 bits per heavy atom. The van der Waals surface area contributed by atoms with E-state index in [-0.39, 0.29) is 30.0 Å². The highest BCUT2D eigenvalue weighted by Crippen LogP contribution is 2.20. The molecule has 1 aromatic rings. The second-order valence-electron chi connectivity index (χ2n) is 5.92. The van der Waals surface area contributed by atoms with Gasteiger partial charge in [-0.3, -0.25) is 4.99 Å². The third kappa shape index (κ3) is 6.21. The summed E-state index contributed by atoms with van der Waals surface area (Å²) in [5.74, 6) is 0.313. The van der Waals surface area contributed by atoms with E-state index >= 15 is 0 Å². The van der Waals surface area contributed by atoms with E-state index in [9.17, 15) is 8.42 Å². The molecule has 1 aliphatic rings. The highest BCUT2D eigenvalue weighted by atomic mass is 127. The summed E-state index contributed by atoms with van der Waals surface area (Å²) in [5, 5.41) is 3.05. The lowest BCUT2D eigenvalue weighted by atomic mass is 10.1. The van der Waals surface area contributed by atoms with Crippen molar-refractivity contribution in [1.29, 1.82) is 0 Å². The zero-order valence-corrected chi connectivity index (χ0v) is 17.4. The zero-order chi connectivity index (χ0) is 16.9. The number of benzene rings is 1. The number of guanidine groups is 1. The maximum atomic E-state index is 11.8. The summed E-state index contributed by atoms with van der Waals surface area (Å²) in [7, 11) is -3.19. The third-order valence-electron chi connectivity index (χ3n) is 4.11. The number of nitrogens with zero attached hydrogens (tertiary/aromatic N) is 2. The molecule has 6 nitrogen and oxygen atoms in total. The second-order valence-corrected chi connectivity index (χ2v) is 7.86. The standard InChI is InChI=1S/C16H26N4O2S.HI/c1-3-13-7-9-14(10-8-13)19-16(17)18-12-15-6-4-5-11-20(15)23(2,21)22;/h7-10,15H,3-6,11-12H2,1-2H3,(H3,17,18,19);1H. The molecule has 0 aromatic heterocycles. The number of hydrogen-bond acceptors (Lipinski definition) is 3. The van der Waals surface area contributed by atoms with Crippen molar-refractivity contribution in [2.45, 2.75) is 38.6 Å². The summed E-state index contributed by atoms with van der Waals surface area (Å²) in [5.41, 5.74) is 8.06. The van der Waals surface area contributed by atoms with Crippen molar-refractivity contribution in [1.82, 2.24) is 4.31 Å². The summed E-state index contributed by atoms with van der Waals surface area (Å²) in [6, 6.07) is 7.92. The van der Waals surface area contributed by atoms with Crippen LogP contribution in [0.25, 0.3) is 0 Å². The molecule has 1 unspecified atom stereocenters. The van der Waals surface area contributed by atoms with E-state index in [1.807, 2.05) is 24.3 Å². The monoisotopic (exact) mass is 466 g/mol. The van der Waals surface area contributed by atoms with Crippen LogP contribution in [0.1, 0.15) is 31.7 Å². The molecule has 1 atom stereocenters. The van der Waals surface area contributed by atoms with Gasteiger partial charge in [-0.25, -0.2) is 8.42 Å². The fourth-order valence-electron chi connectivity index (χ4n) is 2.81. The maximum Gasteiger partial charge on any atom is 0.211 e. The minimum atomic E-state index is -3.19. The quantitative estimate of drug-likeness (QED) is 0.397. The number of halogens is 1. The van der Waals surface area contributed by atoms with Crippen LogP contribution in [0.2, 0.25) is 0 Å². The Bertz CT molecular complexity index is 647. The van der Waals surface area contributed by atoms with Gasteiger partial charge in [-0.15, -0.1) is 24.0 Å². The first-order valence-corrected chi connectivity index (χ1v) is 9.87. The Hall–Kier alpha value is -0.870. The summed E-state index contributed by atoms with van der Waals surface area (Å²) >= 11 is 0. The molecule has 136 valence electrons. The molecule has 0 radical (unpaired) electrons. The lowest BCUT2D eigenvalue weighted by molar-refractivity contribution is 0.259. The van der Waals surface area contributed by atoms with E-state index in [0.717, 1.165) is 31.4 Å². The van der Waals surface area contributed by atoms with Crippen LogP contribution in [-0.4, -0.2) is 44.1 Å². The van der Waals surface area contributed by atoms with Crippen molar-refractivity contribution in [2.75, 3.05) is 24.7 Å². The molecule has 1 saturated heterocycles. The summed E-state index contributed by atoms with van der Waals surface area (Å²) in [6.07, 6.45) is 5.01. The first-order chi connectivity index (χ1) is 10.9. The van der Waals surface area contributed by atoms with Crippen LogP contribution in [0.5, 0.6) is 0 Å². The molecule has 0 aliphatic carbocycles. The van der Waals surface area contributed by atoms with Gasteiger partial charge in [-0.2, -0.15) is 4.31 Å². The van der Waals surface area contributed by atoms with Gasteiger partial charge in [0.15, 0.2) is 5.96 Å². The summed E-state index contributed by atoms with van der Waals surface area (Å²) in [4.78, 5) is 4.33. The minimum Gasteiger partial charge on any atom is -0.370 e. The Balaban J connectivity index is 0.00000288. The zero-order valence-electron chi connectivity index (χ0n) is 14.2. The number of anilines is 1. The number of nitrogens with one attached hydrogen (secondary N) is 1. The summed E-state index contributed by atoms with van der Waals surface area (Å²) < 4.78 is 25.2. The first kappa shape index (κ1) is 21.2. The van der Waals surface area contributed by atoms with Crippen molar-refractivity contribution in [3.8, 4) is 0 Å². The predicted molar refractivity (Wildman–Crippen MR) is 111 cm³/mol. The van der Waals surface area contributed by atoms with Gasteiger partial charge < -0.3 is 11.1 Å². The van der Waals surface area contributed by atoms with E-state index in [4.69, 9.17) is 5.73 Å². The Morgan fingerprint density at radius 1 is 1.33 bits per heavy atom. The van der Waals surface area contributed by atoms with Gasteiger partial charge in [0.2, 0.25) is 10.0 Å². The number of nitrogens with two attached hydrogens (primary N) is 1. The molecule has 8 heteroatoms. The van der Waals surface area contributed by atoms with Gasteiger partial charge in [0.1, 0.15) is 0 Å². The number of rotatable bonds is 5. The van der Waals surface area contributed by atoms with Gasteiger partial charge in [0.25, 0.3) is 0 Å². The number of aryl methyl sites for hydroxylation is 1. The summed E-state index contributed by atoms with van der Waals surface area (Å²) in [6.45, 7) is 3.07. The highest BCUT2D eigenvalue weighted by Gasteiger charge is 2.28. The van der Waals surface area contributed by atoms with Crippen LogP contribution >= 0.6 is 24.0 Å². The van der Waals surface area contributed by atoms with Crippen LogP contribution in [0, 0.1) is 0 Å². The average Bonchev–Trinajstić information content (AvgIpc) is 2.53. The average molecular weight is 466 g/mol. The predicted octanol–water partition coefficient (Wildman–Crippen LogP) is 2.41. The maximum absolute atomic E-state index is 11.8. The van der Waals surface area contributed by atoms with E-state index in [1.54, 1.807) is 4.31 Å². The molecule has 2 rings (SSSR count). The molecule has 3 N–H and O–H groups in total. The molecule has 24 heavy (non-hydrogen) atoms. The van der Waals surface area contributed by atoms with Crippen molar-refractivity contribution >= 4 is 45.6 Å². The largest absolute Gasteiger partial charge is 0.370 e. The van der Waals surface area contributed by atoms with Gasteiger partial charge in [0, 0.05) is 18.3 Å². The third-order valence-corrected chi connectivity index (χ3v) is 5.44. The number of piperidine rings is 1. The Morgan fingerprint density at radius 2 is 2.00 bits per heavy atom. The molecule has 1 aromatic carbocycles. The van der Waals surface area contributed by atoms with E-state index < -0.39 is 10.0 Å². The van der Waals surface area contributed by atoms with Crippen molar-refractivity contribution in [3.63, 3.8) is 0 Å². The smallest absolute Gasteiger partial charge is 0.211 e. The number of sulfonamides is 1. The van der Waals surface area contributed by atoms with Crippen molar-refractivity contribution < 1.29 is 8.42 Å². The molecule has 1 heterocycles. The van der Waals surface area contributed by atoms with Crippen LogP contribution in [0.15, 0.2) is 29.3 Å². The minimum absolute atomic E-state index is 0. The molecule has 1 aliphatic heterocycles. The van der Waals surface area contributed by atoms with Gasteiger partial charge in [-0.05, 0) is 37.0 Å². The van der Waals surface area contributed by atoms with Gasteiger partial charge in [-0.1, -0.05) is 25.5 Å².